The molecule has 1 fully saturated rings. The summed E-state index contributed by atoms with van der Waals surface area (Å²) < 4.78 is 0. The molecule has 3 heteroatoms. The molecule has 1 saturated carbocycles. The quantitative estimate of drug-likeness (QED) is 0.815. The van der Waals surface area contributed by atoms with Crippen LogP contribution in [-0.4, -0.2) is 10.9 Å². The highest BCUT2D eigenvalue weighted by Crippen LogP contribution is 2.44. The maximum atomic E-state index is 11.5. The van der Waals surface area contributed by atoms with Gasteiger partial charge in [-0.1, -0.05) is 13.0 Å². The van der Waals surface area contributed by atoms with Crippen LogP contribution < -0.4 is 5.32 Å². The summed E-state index contributed by atoms with van der Waals surface area (Å²) in [5, 5.41) is 3.08. The largest absolute Gasteiger partial charge is 0.345 e. The summed E-state index contributed by atoms with van der Waals surface area (Å²) in [6.07, 6.45) is 5.30. The van der Waals surface area contributed by atoms with E-state index in [9.17, 15) is 4.79 Å². The molecule has 2 rings (SSSR count). The normalized spacial score (nSPS) is 17.1. The van der Waals surface area contributed by atoms with Gasteiger partial charge in [0, 0.05) is 12.6 Å². The van der Waals surface area contributed by atoms with Gasteiger partial charge in [0.1, 0.15) is 0 Å². The molecular formula is C12H16N2O. The van der Waals surface area contributed by atoms with E-state index in [0.29, 0.717) is 6.42 Å². The van der Waals surface area contributed by atoms with E-state index in [4.69, 9.17) is 0 Å². The van der Waals surface area contributed by atoms with Crippen LogP contribution in [0.4, 0.5) is 0 Å². The molecule has 3 nitrogen and oxygen atoms in total. The summed E-state index contributed by atoms with van der Waals surface area (Å²) in [6.45, 7) is 2.01. The number of carbonyl (C=O) groups excluding carboxylic acids is 1. The molecule has 0 spiro atoms. The number of hydrogen-bond donors (Lipinski definition) is 1. The van der Waals surface area contributed by atoms with Crippen molar-refractivity contribution in [1.82, 2.24) is 10.3 Å². The van der Waals surface area contributed by atoms with Crippen LogP contribution in [0.5, 0.6) is 0 Å². The molecule has 0 radical (unpaired) electrons. The van der Waals surface area contributed by atoms with Gasteiger partial charge >= 0.3 is 0 Å². The lowest BCUT2D eigenvalue weighted by Crippen LogP contribution is -2.35. The molecule has 0 saturated heterocycles. The smallest absolute Gasteiger partial charge is 0.220 e. The molecule has 1 aliphatic carbocycles. The first kappa shape index (κ1) is 10.1. The molecule has 1 N–H and O–H groups in total. The van der Waals surface area contributed by atoms with Crippen molar-refractivity contribution < 1.29 is 4.79 Å². The van der Waals surface area contributed by atoms with Gasteiger partial charge in [-0.25, -0.2) is 0 Å². The summed E-state index contributed by atoms with van der Waals surface area (Å²) in [6, 6.07) is 5.85. The number of nitrogens with one attached hydrogen (secondary N) is 1. The van der Waals surface area contributed by atoms with E-state index < -0.39 is 0 Å². The number of carbonyl (C=O) groups is 1. The average molecular weight is 204 g/mol. The van der Waals surface area contributed by atoms with E-state index in [2.05, 4.69) is 10.3 Å². The second-order valence-electron chi connectivity index (χ2n) is 4.10. The van der Waals surface area contributed by atoms with E-state index in [-0.39, 0.29) is 11.4 Å². The van der Waals surface area contributed by atoms with Crippen LogP contribution in [0.1, 0.15) is 38.3 Å². The maximum Gasteiger partial charge on any atom is 0.220 e. The number of nitrogens with zero attached hydrogens (tertiary/aromatic N) is 1. The Hall–Kier alpha value is -1.38. The van der Waals surface area contributed by atoms with Gasteiger partial charge < -0.3 is 5.32 Å². The van der Waals surface area contributed by atoms with E-state index in [1.807, 2.05) is 25.1 Å². The predicted octanol–water partition coefficient (Wildman–Crippen LogP) is 1.99. The monoisotopic (exact) mass is 204 g/mol. The van der Waals surface area contributed by atoms with Crippen LogP contribution in [0.3, 0.4) is 0 Å². The van der Waals surface area contributed by atoms with Gasteiger partial charge in [0.25, 0.3) is 0 Å². The fourth-order valence-corrected chi connectivity index (χ4v) is 1.77. The Morgan fingerprint density at radius 1 is 1.53 bits per heavy atom. The first-order chi connectivity index (χ1) is 7.27. The minimum atomic E-state index is -0.145. The Morgan fingerprint density at radius 2 is 2.33 bits per heavy atom. The van der Waals surface area contributed by atoms with Gasteiger partial charge in [0.2, 0.25) is 5.91 Å². The minimum Gasteiger partial charge on any atom is -0.345 e. The zero-order chi connectivity index (χ0) is 10.7. The number of aromatic nitrogens is 1. The van der Waals surface area contributed by atoms with E-state index in [0.717, 1.165) is 25.0 Å². The average Bonchev–Trinajstić information content (AvgIpc) is 3.01. The van der Waals surface area contributed by atoms with Crippen molar-refractivity contribution in [3.05, 3.63) is 30.1 Å². The molecule has 0 aliphatic heterocycles. The summed E-state index contributed by atoms with van der Waals surface area (Å²) in [5.74, 6) is 0.139. The van der Waals surface area contributed by atoms with Crippen molar-refractivity contribution in [1.29, 1.82) is 0 Å². The lowest BCUT2D eigenvalue weighted by atomic mass is 10.1. The molecule has 0 atom stereocenters. The Bertz CT molecular complexity index is 344. The number of pyridine rings is 1. The molecule has 1 aromatic heterocycles. The Morgan fingerprint density at radius 3 is 2.87 bits per heavy atom. The third kappa shape index (κ3) is 2.17. The van der Waals surface area contributed by atoms with Crippen molar-refractivity contribution in [2.24, 2.45) is 0 Å². The highest BCUT2D eigenvalue weighted by molar-refractivity contribution is 5.77. The fraction of sp³-hybridized carbons (Fsp3) is 0.500. The molecule has 0 bridgehead atoms. The van der Waals surface area contributed by atoms with Gasteiger partial charge in [-0.15, -0.1) is 0 Å². The lowest BCUT2D eigenvalue weighted by Gasteiger charge is -2.16. The summed E-state index contributed by atoms with van der Waals surface area (Å²) in [4.78, 5) is 15.8. The topological polar surface area (TPSA) is 42.0 Å². The molecule has 1 heterocycles. The van der Waals surface area contributed by atoms with Crippen LogP contribution in [0, 0.1) is 0 Å². The van der Waals surface area contributed by atoms with Crippen molar-refractivity contribution >= 4 is 5.91 Å². The Balaban J connectivity index is 2.05. The van der Waals surface area contributed by atoms with Crippen LogP contribution in [0.15, 0.2) is 24.4 Å². The van der Waals surface area contributed by atoms with Crippen LogP contribution >= 0.6 is 0 Å². The SMILES string of the molecule is CCCC(=O)NC1(c2ccccn2)CC1. The number of rotatable bonds is 4. The maximum absolute atomic E-state index is 11.5. The zero-order valence-corrected chi connectivity index (χ0v) is 8.99. The molecule has 15 heavy (non-hydrogen) atoms. The van der Waals surface area contributed by atoms with Crippen molar-refractivity contribution in [2.45, 2.75) is 38.1 Å². The van der Waals surface area contributed by atoms with E-state index in [1.165, 1.54) is 0 Å². The fourth-order valence-electron chi connectivity index (χ4n) is 1.77. The molecule has 80 valence electrons. The highest BCUT2D eigenvalue weighted by atomic mass is 16.1. The number of hydrogen-bond acceptors (Lipinski definition) is 2. The third-order valence-corrected chi connectivity index (χ3v) is 2.76. The Kier molecular flexibility index (Phi) is 2.71. The molecular weight excluding hydrogens is 188 g/mol. The third-order valence-electron chi connectivity index (χ3n) is 2.76. The second-order valence-corrected chi connectivity index (χ2v) is 4.10. The summed E-state index contributed by atoms with van der Waals surface area (Å²) >= 11 is 0. The van der Waals surface area contributed by atoms with Gasteiger partial charge in [-0.05, 0) is 31.4 Å². The first-order valence-corrected chi connectivity index (χ1v) is 5.49. The van der Waals surface area contributed by atoms with E-state index in [1.54, 1.807) is 6.20 Å². The van der Waals surface area contributed by atoms with Crippen LogP contribution in [0.2, 0.25) is 0 Å². The summed E-state index contributed by atoms with van der Waals surface area (Å²) in [7, 11) is 0. The second kappa shape index (κ2) is 4.01. The molecule has 0 aromatic carbocycles. The van der Waals surface area contributed by atoms with Crippen molar-refractivity contribution in [3.8, 4) is 0 Å². The van der Waals surface area contributed by atoms with Gasteiger partial charge in [0.05, 0.1) is 11.2 Å². The van der Waals surface area contributed by atoms with Crippen molar-refractivity contribution in [3.63, 3.8) is 0 Å². The van der Waals surface area contributed by atoms with Crippen molar-refractivity contribution in [2.75, 3.05) is 0 Å². The molecule has 1 amide bonds. The highest BCUT2D eigenvalue weighted by Gasteiger charge is 2.46. The minimum absolute atomic E-state index is 0.139. The Labute approximate surface area is 89.9 Å². The van der Waals surface area contributed by atoms with Crippen LogP contribution in [0.25, 0.3) is 0 Å². The van der Waals surface area contributed by atoms with E-state index >= 15 is 0 Å². The predicted molar refractivity (Wildman–Crippen MR) is 58.2 cm³/mol. The molecule has 1 aliphatic rings. The zero-order valence-electron chi connectivity index (χ0n) is 8.99. The summed E-state index contributed by atoms with van der Waals surface area (Å²) in [5.41, 5.74) is 0.850. The van der Waals surface area contributed by atoms with Crippen LogP contribution in [-0.2, 0) is 10.3 Å². The molecule has 0 unspecified atom stereocenters. The standard InChI is InChI=1S/C12H16N2O/c1-2-5-11(15)14-12(7-8-12)10-6-3-4-9-13-10/h3-4,6,9H,2,5,7-8H2,1H3,(H,14,15). The lowest BCUT2D eigenvalue weighted by molar-refractivity contribution is -0.122. The number of amides is 1. The molecule has 1 aromatic rings. The van der Waals surface area contributed by atoms with Gasteiger partial charge in [-0.3, -0.25) is 9.78 Å². The van der Waals surface area contributed by atoms with Gasteiger partial charge in [-0.2, -0.15) is 0 Å². The van der Waals surface area contributed by atoms with Gasteiger partial charge in [0.15, 0.2) is 0 Å². The first-order valence-electron chi connectivity index (χ1n) is 5.49.